The molecule has 0 atom stereocenters. The van der Waals surface area contributed by atoms with Gasteiger partial charge in [-0.2, -0.15) is 0 Å². The van der Waals surface area contributed by atoms with Crippen molar-refractivity contribution in [3.63, 3.8) is 0 Å². The molecule has 1 aliphatic rings. The fourth-order valence-corrected chi connectivity index (χ4v) is 3.28. The third-order valence-electron chi connectivity index (χ3n) is 4.61. The summed E-state index contributed by atoms with van der Waals surface area (Å²) in [6.07, 6.45) is 1.77. The van der Waals surface area contributed by atoms with Crippen molar-refractivity contribution in [3.05, 3.63) is 30.0 Å². The molecule has 6 nitrogen and oxygen atoms in total. The highest BCUT2D eigenvalue weighted by molar-refractivity contribution is 6.04. The van der Waals surface area contributed by atoms with Gasteiger partial charge < -0.3 is 19.3 Å². The first kappa shape index (κ1) is 17.5. The number of nitrogens with one attached hydrogen (secondary N) is 2. The lowest BCUT2D eigenvalue weighted by molar-refractivity contribution is -0.880. The van der Waals surface area contributed by atoms with Crippen molar-refractivity contribution < 1.29 is 24.2 Å². The minimum absolute atomic E-state index is 0.288. The van der Waals surface area contributed by atoms with Gasteiger partial charge in [-0.3, -0.25) is 0 Å². The Morgan fingerprint density at radius 1 is 1.24 bits per heavy atom. The largest absolute Gasteiger partial charge is 0.494 e. The molecule has 2 heterocycles. The van der Waals surface area contributed by atoms with Crippen molar-refractivity contribution >= 4 is 22.6 Å². The molecule has 6 heteroatoms. The number of rotatable bonds is 5. The van der Waals surface area contributed by atoms with E-state index in [9.17, 15) is 4.79 Å². The maximum absolute atomic E-state index is 12.5. The molecule has 1 fully saturated rings. The van der Waals surface area contributed by atoms with Gasteiger partial charge in [0, 0.05) is 6.07 Å². The van der Waals surface area contributed by atoms with Crippen molar-refractivity contribution in [3.8, 4) is 5.75 Å². The van der Waals surface area contributed by atoms with Gasteiger partial charge in [0.2, 0.25) is 5.52 Å². The maximum Gasteiger partial charge on any atom is 0.346 e. The van der Waals surface area contributed by atoms with Crippen LogP contribution in [0, 0.1) is 0 Å². The van der Waals surface area contributed by atoms with E-state index in [0.717, 1.165) is 48.5 Å². The Labute approximate surface area is 148 Å². The van der Waals surface area contributed by atoms with Crippen LogP contribution >= 0.6 is 0 Å². The summed E-state index contributed by atoms with van der Waals surface area (Å²) in [5, 5.41) is 0.996. The van der Waals surface area contributed by atoms with E-state index in [1.54, 1.807) is 6.20 Å². The minimum Gasteiger partial charge on any atom is -0.494 e. The normalized spacial score (nSPS) is 15.4. The van der Waals surface area contributed by atoms with Crippen LogP contribution in [0.2, 0.25) is 0 Å². The second kappa shape index (κ2) is 7.70. The smallest absolute Gasteiger partial charge is 0.346 e. The van der Waals surface area contributed by atoms with E-state index in [-0.39, 0.29) is 5.97 Å². The lowest BCUT2D eigenvalue weighted by Crippen LogP contribution is -3.12. The van der Waals surface area contributed by atoms with E-state index in [0.29, 0.717) is 18.8 Å². The van der Waals surface area contributed by atoms with Gasteiger partial charge in [-0.05, 0) is 26.0 Å². The molecule has 0 bridgehead atoms. The summed E-state index contributed by atoms with van der Waals surface area (Å²) >= 11 is 0. The number of piperazine rings is 1. The number of likely N-dealkylation sites (N-methyl/N-ethyl adjacent to an activating group) is 1. The number of benzene rings is 1. The highest BCUT2D eigenvalue weighted by Crippen LogP contribution is 2.31. The molecular formula is C19H27N3O3+2. The molecule has 0 spiro atoms. The number of carbonyl (C=O) groups is 1. The fraction of sp³-hybridized carbons (Fsp3) is 0.474. The van der Waals surface area contributed by atoms with E-state index < -0.39 is 0 Å². The van der Waals surface area contributed by atoms with Gasteiger partial charge in [-0.1, -0.05) is 0 Å². The molecule has 0 unspecified atom stereocenters. The molecular weight excluding hydrogens is 318 g/mol. The van der Waals surface area contributed by atoms with Gasteiger partial charge in [-0.25, -0.2) is 9.78 Å². The zero-order valence-corrected chi connectivity index (χ0v) is 15.2. The van der Waals surface area contributed by atoms with Crippen molar-refractivity contribution in [1.29, 1.82) is 0 Å². The number of fused-ring (bicyclic) bond motifs is 1. The number of nitrogens with zero attached hydrogens (tertiary/aromatic N) is 1. The Balaban J connectivity index is 2.13. The summed E-state index contributed by atoms with van der Waals surface area (Å²) in [4.78, 5) is 19.6. The molecule has 2 N–H and O–H groups in total. The van der Waals surface area contributed by atoms with E-state index >= 15 is 0 Å². The Hall–Kier alpha value is -2.34. The summed E-state index contributed by atoms with van der Waals surface area (Å²) in [6.45, 7) is 8.69. The number of H-pyrrole nitrogens is 1. The Bertz CT molecular complexity index is 755. The van der Waals surface area contributed by atoms with Crippen LogP contribution in [0.5, 0.6) is 5.75 Å². The van der Waals surface area contributed by atoms with Crippen molar-refractivity contribution in [1.82, 2.24) is 0 Å². The first-order valence-corrected chi connectivity index (χ1v) is 8.98. The molecule has 1 saturated heterocycles. The number of hydrogen-bond donors (Lipinski definition) is 1. The lowest BCUT2D eigenvalue weighted by Gasteiger charge is -2.32. The van der Waals surface area contributed by atoms with Gasteiger partial charge in [0.25, 0.3) is 0 Å². The van der Waals surface area contributed by atoms with Gasteiger partial charge in [-0.15, -0.1) is 0 Å². The van der Waals surface area contributed by atoms with E-state index in [1.807, 2.05) is 32.0 Å². The van der Waals surface area contributed by atoms with Gasteiger partial charge >= 0.3 is 5.97 Å². The summed E-state index contributed by atoms with van der Waals surface area (Å²) in [5.41, 5.74) is 2.52. The summed E-state index contributed by atoms with van der Waals surface area (Å²) in [5.74, 6) is 0.522. The van der Waals surface area contributed by atoms with E-state index in [2.05, 4.69) is 16.9 Å². The number of ether oxygens (including phenoxy) is 2. The number of hydrogen-bond acceptors (Lipinski definition) is 4. The molecule has 0 amide bonds. The van der Waals surface area contributed by atoms with Crippen molar-refractivity contribution in [2.24, 2.45) is 0 Å². The number of anilines is 1. The van der Waals surface area contributed by atoms with Crippen LogP contribution in [0.1, 0.15) is 24.2 Å². The molecule has 0 aliphatic carbocycles. The number of quaternary nitrogens is 1. The Morgan fingerprint density at radius 3 is 2.68 bits per heavy atom. The van der Waals surface area contributed by atoms with Crippen LogP contribution in [0.25, 0.3) is 10.9 Å². The highest BCUT2D eigenvalue weighted by Gasteiger charge is 2.27. The molecule has 0 saturated carbocycles. The third kappa shape index (κ3) is 3.69. The van der Waals surface area contributed by atoms with E-state index in [4.69, 9.17) is 9.47 Å². The Morgan fingerprint density at radius 2 is 2.00 bits per heavy atom. The van der Waals surface area contributed by atoms with Crippen LogP contribution in [0.15, 0.2) is 24.4 Å². The topological polar surface area (TPSA) is 57.4 Å². The fourth-order valence-electron chi connectivity index (χ4n) is 3.28. The molecule has 1 aromatic carbocycles. The number of aromatic nitrogens is 1. The Kier molecular flexibility index (Phi) is 5.38. The van der Waals surface area contributed by atoms with Gasteiger partial charge in [0.15, 0.2) is 6.20 Å². The second-order valence-corrected chi connectivity index (χ2v) is 6.36. The lowest BCUT2D eigenvalue weighted by atomic mass is 10.1. The van der Waals surface area contributed by atoms with Gasteiger partial charge in [0.1, 0.15) is 11.3 Å². The maximum atomic E-state index is 12.5. The zero-order valence-electron chi connectivity index (χ0n) is 15.2. The SMILES string of the molecule is CCOC(=O)c1c[nH+]c2ccc(OCC)cc2c1N1CC[NH+](C)CC1. The van der Waals surface area contributed by atoms with Crippen LogP contribution < -0.4 is 19.5 Å². The molecule has 1 aliphatic heterocycles. The average Bonchev–Trinajstić information content (AvgIpc) is 2.62. The predicted octanol–water partition coefficient (Wildman–Crippen LogP) is 0.564. The van der Waals surface area contributed by atoms with Crippen LogP contribution in [-0.4, -0.2) is 52.4 Å². The quantitative estimate of drug-likeness (QED) is 0.805. The summed E-state index contributed by atoms with van der Waals surface area (Å²) in [6, 6.07) is 5.96. The third-order valence-corrected chi connectivity index (χ3v) is 4.61. The molecule has 2 aromatic rings. The van der Waals surface area contributed by atoms with Crippen LogP contribution in [-0.2, 0) is 4.74 Å². The summed E-state index contributed by atoms with van der Waals surface area (Å²) in [7, 11) is 2.20. The number of esters is 1. The standard InChI is InChI=1S/C19H25N3O3/c1-4-24-14-6-7-17-15(12-14)18(22-10-8-21(3)9-11-22)16(13-20-17)19(23)25-5-2/h6-7,12-13H,4-5,8-11H2,1-3H3/p+2. The molecule has 3 rings (SSSR count). The first-order chi connectivity index (χ1) is 12.1. The molecule has 1 aromatic heterocycles. The second-order valence-electron chi connectivity index (χ2n) is 6.36. The number of aromatic amines is 1. The van der Waals surface area contributed by atoms with Crippen LogP contribution in [0.3, 0.4) is 0 Å². The molecule has 134 valence electrons. The minimum atomic E-state index is -0.288. The zero-order chi connectivity index (χ0) is 17.8. The summed E-state index contributed by atoms with van der Waals surface area (Å²) < 4.78 is 11.0. The van der Waals surface area contributed by atoms with Gasteiger partial charge in [0.05, 0.1) is 57.5 Å². The first-order valence-electron chi connectivity index (χ1n) is 8.98. The van der Waals surface area contributed by atoms with E-state index in [1.165, 1.54) is 4.90 Å². The predicted molar refractivity (Wildman–Crippen MR) is 96.5 cm³/mol. The van der Waals surface area contributed by atoms with Crippen molar-refractivity contribution in [2.75, 3.05) is 51.3 Å². The monoisotopic (exact) mass is 345 g/mol. The average molecular weight is 345 g/mol. The molecule has 0 radical (unpaired) electrons. The number of carbonyl (C=O) groups excluding carboxylic acids is 1. The highest BCUT2D eigenvalue weighted by atomic mass is 16.5. The number of pyridine rings is 1. The van der Waals surface area contributed by atoms with Crippen molar-refractivity contribution in [2.45, 2.75) is 13.8 Å². The molecule has 25 heavy (non-hydrogen) atoms. The van der Waals surface area contributed by atoms with Crippen LogP contribution in [0.4, 0.5) is 5.69 Å².